The van der Waals surface area contributed by atoms with E-state index in [1.165, 1.54) is 31.4 Å². The van der Waals surface area contributed by atoms with Crippen LogP contribution in [0.5, 0.6) is 0 Å². The molecule has 2 rings (SSSR count). The molecule has 0 bridgehead atoms. The molecular formula is C13H19NO5. The summed E-state index contributed by atoms with van der Waals surface area (Å²) >= 11 is 0. The Kier molecular flexibility index (Phi) is 4.93. The van der Waals surface area contributed by atoms with Crippen LogP contribution in [-0.4, -0.2) is 17.6 Å². The van der Waals surface area contributed by atoms with E-state index in [2.05, 4.69) is 6.92 Å². The van der Waals surface area contributed by atoms with Crippen LogP contribution >= 0.6 is 0 Å². The van der Waals surface area contributed by atoms with E-state index >= 15 is 0 Å². The smallest absolute Gasteiger partial charge is 0.400 e. The molecule has 6 nitrogen and oxygen atoms in total. The Labute approximate surface area is 111 Å². The van der Waals surface area contributed by atoms with Gasteiger partial charge in [-0.05, 0) is 12.5 Å². The minimum atomic E-state index is -0.607. The molecule has 6 heteroatoms. The third kappa shape index (κ3) is 3.78. The number of nitrogens with zero attached hydrogens (tertiary/aromatic N) is 1. The standard InChI is InChI=1S/C13H19NO5/c1-2-3-4-5-6-10-9-17-13(18-10)11-7-8-12(19-11)14(15)16/h7-8,10,13H,2-6,9H2,1H3. The third-order valence-electron chi connectivity index (χ3n) is 3.15. The number of unbranched alkanes of at least 4 members (excludes halogenated alkanes) is 3. The molecule has 1 aliphatic rings. The first-order valence-corrected chi connectivity index (χ1v) is 6.72. The Morgan fingerprint density at radius 1 is 1.37 bits per heavy atom. The fourth-order valence-electron chi connectivity index (χ4n) is 2.11. The molecule has 0 amide bonds. The molecule has 0 radical (unpaired) electrons. The van der Waals surface area contributed by atoms with Gasteiger partial charge in [0.15, 0.2) is 5.76 Å². The van der Waals surface area contributed by atoms with E-state index in [0.29, 0.717) is 12.4 Å². The van der Waals surface area contributed by atoms with Crippen LogP contribution < -0.4 is 0 Å². The normalized spacial score (nSPS) is 22.8. The second kappa shape index (κ2) is 6.68. The van der Waals surface area contributed by atoms with Gasteiger partial charge in [0, 0.05) is 0 Å². The molecule has 2 unspecified atom stereocenters. The summed E-state index contributed by atoms with van der Waals surface area (Å²) in [5, 5.41) is 10.5. The molecule has 1 fully saturated rings. The van der Waals surface area contributed by atoms with Crippen LogP contribution in [-0.2, 0) is 9.47 Å². The van der Waals surface area contributed by atoms with Crippen molar-refractivity contribution in [1.29, 1.82) is 0 Å². The van der Waals surface area contributed by atoms with Gasteiger partial charge < -0.3 is 13.9 Å². The summed E-state index contributed by atoms with van der Waals surface area (Å²) in [7, 11) is 0. The van der Waals surface area contributed by atoms with E-state index in [0.717, 1.165) is 12.8 Å². The first-order valence-electron chi connectivity index (χ1n) is 6.72. The number of ether oxygens (including phenoxy) is 2. The second-order valence-electron chi connectivity index (χ2n) is 4.71. The summed E-state index contributed by atoms with van der Waals surface area (Å²) in [6, 6.07) is 2.85. The zero-order chi connectivity index (χ0) is 13.7. The Morgan fingerprint density at radius 3 is 2.89 bits per heavy atom. The van der Waals surface area contributed by atoms with Gasteiger partial charge in [0.05, 0.1) is 18.8 Å². The monoisotopic (exact) mass is 269 g/mol. The summed E-state index contributed by atoms with van der Waals surface area (Å²) in [5.41, 5.74) is 0. The lowest BCUT2D eigenvalue weighted by Gasteiger charge is -2.08. The van der Waals surface area contributed by atoms with Gasteiger partial charge in [0.25, 0.3) is 0 Å². The molecule has 0 N–H and O–H groups in total. The van der Waals surface area contributed by atoms with Crippen LogP contribution in [0.1, 0.15) is 51.1 Å². The van der Waals surface area contributed by atoms with E-state index in [1.807, 2.05) is 0 Å². The summed E-state index contributed by atoms with van der Waals surface area (Å²) < 4.78 is 16.2. The lowest BCUT2D eigenvalue weighted by atomic mass is 10.1. The Bertz CT molecular complexity index is 417. The van der Waals surface area contributed by atoms with Crippen LogP contribution in [0.3, 0.4) is 0 Å². The largest absolute Gasteiger partial charge is 0.433 e. The zero-order valence-electron chi connectivity index (χ0n) is 11.0. The van der Waals surface area contributed by atoms with Crippen molar-refractivity contribution < 1.29 is 18.8 Å². The van der Waals surface area contributed by atoms with E-state index in [9.17, 15) is 10.1 Å². The van der Waals surface area contributed by atoms with Gasteiger partial charge in [-0.3, -0.25) is 10.1 Å². The highest BCUT2D eigenvalue weighted by molar-refractivity contribution is 5.18. The molecular weight excluding hydrogens is 250 g/mol. The average molecular weight is 269 g/mol. The Balaban J connectivity index is 1.79. The first kappa shape index (κ1) is 14.0. The second-order valence-corrected chi connectivity index (χ2v) is 4.71. The van der Waals surface area contributed by atoms with Crippen LogP contribution in [0.4, 0.5) is 5.88 Å². The van der Waals surface area contributed by atoms with Crippen molar-refractivity contribution in [2.24, 2.45) is 0 Å². The maximum atomic E-state index is 10.5. The highest BCUT2D eigenvalue weighted by Gasteiger charge is 2.30. The number of furan rings is 1. The van der Waals surface area contributed by atoms with Crippen LogP contribution in [0, 0.1) is 10.1 Å². The topological polar surface area (TPSA) is 74.7 Å². The summed E-state index contributed by atoms with van der Waals surface area (Å²) in [6.45, 7) is 2.69. The van der Waals surface area contributed by atoms with Gasteiger partial charge in [0.2, 0.25) is 6.29 Å². The van der Waals surface area contributed by atoms with Gasteiger partial charge in [-0.2, -0.15) is 0 Å². The van der Waals surface area contributed by atoms with Crippen molar-refractivity contribution in [3.8, 4) is 0 Å². The highest BCUT2D eigenvalue weighted by Crippen LogP contribution is 2.31. The van der Waals surface area contributed by atoms with Crippen molar-refractivity contribution >= 4 is 5.88 Å². The van der Waals surface area contributed by atoms with Gasteiger partial charge in [-0.1, -0.05) is 32.6 Å². The van der Waals surface area contributed by atoms with Gasteiger partial charge >= 0.3 is 5.88 Å². The van der Waals surface area contributed by atoms with E-state index in [1.54, 1.807) is 0 Å². The van der Waals surface area contributed by atoms with Crippen molar-refractivity contribution in [2.75, 3.05) is 6.61 Å². The molecule has 2 atom stereocenters. The zero-order valence-corrected chi connectivity index (χ0v) is 11.0. The minimum Gasteiger partial charge on any atom is -0.400 e. The molecule has 2 heterocycles. The molecule has 1 aliphatic heterocycles. The van der Waals surface area contributed by atoms with E-state index < -0.39 is 11.2 Å². The number of hydrogen-bond acceptors (Lipinski definition) is 5. The lowest BCUT2D eigenvalue weighted by Crippen LogP contribution is -2.09. The molecule has 1 saturated heterocycles. The van der Waals surface area contributed by atoms with Crippen molar-refractivity contribution in [3.63, 3.8) is 0 Å². The summed E-state index contributed by atoms with van der Waals surface area (Å²) in [6.07, 6.45) is 5.18. The number of rotatable bonds is 7. The highest BCUT2D eigenvalue weighted by atomic mass is 16.7. The summed E-state index contributed by atoms with van der Waals surface area (Å²) in [4.78, 5) is 9.96. The maximum Gasteiger partial charge on any atom is 0.433 e. The molecule has 0 aliphatic carbocycles. The molecule has 0 saturated carbocycles. The lowest BCUT2D eigenvalue weighted by molar-refractivity contribution is -0.402. The predicted octanol–water partition coefficient (Wildman–Crippen LogP) is 3.57. The summed E-state index contributed by atoms with van der Waals surface area (Å²) in [5.74, 6) is 0.0800. The molecule has 1 aromatic heterocycles. The fraction of sp³-hybridized carbons (Fsp3) is 0.692. The molecule has 19 heavy (non-hydrogen) atoms. The number of nitro groups is 1. The minimum absolute atomic E-state index is 0.0611. The van der Waals surface area contributed by atoms with Gasteiger partial charge in [0.1, 0.15) is 4.92 Å². The van der Waals surface area contributed by atoms with Crippen LogP contribution in [0.25, 0.3) is 0 Å². The van der Waals surface area contributed by atoms with Crippen LogP contribution in [0.2, 0.25) is 0 Å². The third-order valence-corrected chi connectivity index (χ3v) is 3.15. The van der Waals surface area contributed by atoms with E-state index in [-0.39, 0.29) is 12.0 Å². The molecule has 0 aromatic carbocycles. The predicted molar refractivity (Wildman–Crippen MR) is 67.7 cm³/mol. The van der Waals surface area contributed by atoms with Gasteiger partial charge in [-0.15, -0.1) is 0 Å². The van der Waals surface area contributed by atoms with Crippen molar-refractivity contribution in [1.82, 2.24) is 0 Å². The maximum absolute atomic E-state index is 10.5. The van der Waals surface area contributed by atoms with Crippen LogP contribution in [0.15, 0.2) is 16.5 Å². The fourth-order valence-corrected chi connectivity index (χ4v) is 2.11. The first-order chi connectivity index (χ1) is 9.20. The quantitative estimate of drug-likeness (QED) is 0.429. The Morgan fingerprint density at radius 2 is 2.21 bits per heavy atom. The average Bonchev–Trinajstić information content (AvgIpc) is 3.03. The SMILES string of the molecule is CCCCCCC1COC(c2ccc([N+](=O)[O-])o2)O1. The number of hydrogen-bond donors (Lipinski definition) is 0. The molecule has 1 aromatic rings. The molecule has 106 valence electrons. The van der Waals surface area contributed by atoms with Gasteiger partial charge in [-0.25, -0.2) is 0 Å². The molecule has 0 spiro atoms. The van der Waals surface area contributed by atoms with Crippen molar-refractivity contribution in [3.05, 3.63) is 28.0 Å². The Hall–Kier alpha value is -1.40. The van der Waals surface area contributed by atoms with Crippen molar-refractivity contribution in [2.45, 2.75) is 51.4 Å². The van der Waals surface area contributed by atoms with E-state index in [4.69, 9.17) is 13.9 Å².